The Kier molecular flexibility index (Phi) is 5.60. The minimum Gasteiger partial charge on any atom is -0.493 e. The van der Waals surface area contributed by atoms with Crippen LogP contribution in [0.25, 0.3) is 0 Å². The van der Waals surface area contributed by atoms with E-state index >= 15 is 0 Å². The molecule has 1 aromatic heterocycles. The molecule has 116 valence electrons. The average molecular weight is 367 g/mol. The van der Waals surface area contributed by atoms with Crippen molar-refractivity contribution in [3.63, 3.8) is 0 Å². The largest absolute Gasteiger partial charge is 0.493 e. The maximum Gasteiger partial charge on any atom is 0.244 e. The van der Waals surface area contributed by atoms with Gasteiger partial charge in [-0.1, -0.05) is 6.07 Å². The smallest absolute Gasteiger partial charge is 0.244 e. The second kappa shape index (κ2) is 7.65. The van der Waals surface area contributed by atoms with E-state index in [0.29, 0.717) is 21.9 Å². The van der Waals surface area contributed by atoms with E-state index in [0.717, 1.165) is 5.56 Å². The molecular weight excluding hydrogens is 352 g/mol. The average Bonchev–Trinajstić information content (AvgIpc) is 2.92. The summed E-state index contributed by atoms with van der Waals surface area (Å²) in [7, 11) is 3.11. The molecule has 0 fully saturated rings. The van der Waals surface area contributed by atoms with Crippen LogP contribution in [0.4, 0.5) is 0 Å². The van der Waals surface area contributed by atoms with E-state index in [-0.39, 0.29) is 12.3 Å². The molecule has 1 amide bonds. The van der Waals surface area contributed by atoms with Gasteiger partial charge in [0.1, 0.15) is 5.76 Å². The van der Waals surface area contributed by atoms with Gasteiger partial charge in [-0.05, 0) is 45.8 Å². The Morgan fingerprint density at radius 3 is 2.68 bits per heavy atom. The Bertz CT molecular complexity index is 682. The first kappa shape index (κ1) is 16.1. The van der Waals surface area contributed by atoms with Crippen LogP contribution in [-0.4, -0.2) is 26.3 Å². The summed E-state index contributed by atoms with van der Waals surface area (Å²) in [5, 5.41) is 3.83. The number of rotatable bonds is 6. The quantitative estimate of drug-likeness (QED) is 0.630. The number of benzene rings is 1. The van der Waals surface area contributed by atoms with Crippen LogP contribution in [0.3, 0.4) is 0 Å². The fraction of sp³-hybridized carbons (Fsp3) is 0.200. The third-order valence-corrected chi connectivity index (χ3v) is 3.21. The second-order valence-electron chi connectivity index (χ2n) is 4.30. The van der Waals surface area contributed by atoms with Crippen LogP contribution < -0.4 is 14.9 Å². The summed E-state index contributed by atoms with van der Waals surface area (Å²) < 4.78 is 16.2. The van der Waals surface area contributed by atoms with Gasteiger partial charge >= 0.3 is 0 Å². The van der Waals surface area contributed by atoms with Crippen LogP contribution in [0, 0.1) is 0 Å². The zero-order valence-electron chi connectivity index (χ0n) is 12.1. The number of carbonyl (C=O) groups is 1. The van der Waals surface area contributed by atoms with Crippen molar-refractivity contribution in [1.82, 2.24) is 5.43 Å². The molecule has 7 heteroatoms. The number of carbonyl (C=O) groups excluding carboxylic acids is 1. The molecular formula is C15H15BrN2O4. The van der Waals surface area contributed by atoms with Gasteiger partial charge < -0.3 is 13.9 Å². The van der Waals surface area contributed by atoms with E-state index < -0.39 is 0 Å². The standard InChI is InChI=1S/C15H15BrN2O4/c1-20-12-5-3-10(7-13(12)21-2)8-15(19)18-17-9-11-4-6-14(16)22-11/h3-7,9H,8H2,1-2H3,(H,18,19). The molecule has 22 heavy (non-hydrogen) atoms. The second-order valence-corrected chi connectivity index (χ2v) is 5.08. The zero-order valence-corrected chi connectivity index (χ0v) is 13.7. The summed E-state index contributed by atoms with van der Waals surface area (Å²) in [6.45, 7) is 0. The Morgan fingerprint density at radius 2 is 2.05 bits per heavy atom. The van der Waals surface area contributed by atoms with Crippen LogP contribution in [-0.2, 0) is 11.2 Å². The van der Waals surface area contributed by atoms with Gasteiger partial charge in [0.25, 0.3) is 0 Å². The number of hydrazone groups is 1. The van der Waals surface area contributed by atoms with Crippen molar-refractivity contribution in [3.8, 4) is 11.5 Å². The molecule has 0 atom stereocenters. The lowest BCUT2D eigenvalue weighted by Crippen LogP contribution is -2.19. The molecule has 0 aliphatic rings. The number of methoxy groups -OCH3 is 2. The number of ether oxygens (including phenoxy) is 2. The molecule has 0 radical (unpaired) electrons. The first-order valence-electron chi connectivity index (χ1n) is 6.40. The third kappa shape index (κ3) is 4.36. The maximum atomic E-state index is 11.8. The summed E-state index contributed by atoms with van der Waals surface area (Å²) in [6, 6.07) is 8.78. The van der Waals surface area contributed by atoms with Crippen LogP contribution in [0.5, 0.6) is 11.5 Å². The molecule has 0 aliphatic heterocycles. The number of amides is 1. The van der Waals surface area contributed by atoms with E-state index in [2.05, 4.69) is 26.5 Å². The van der Waals surface area contributed by atoms with Gasteiger partial charge in [-0.2, -0.15) is 5.10 Å². The summed E-state index contributed by atoms with van der Waals surface area (Å²) in [4.78, 5) is 11.8. The minimum atomic E-state index is -0.242. The fourth-order valence-corrected chi connectivity index (χ4v) is 2.10. The van der Waals surface area contributed by atoms with Crippen molar-refractivity contribution in [3.05, 3.63) is 46.3 Å². The van der Waals surface area contributed by atoms with Crippen molar-refractivity contribution >= 4 is 28.1 Å². The van der Waals surface area contributed by atoms with Gasteiger partial charge in [-0.15, -0.1) is 0 Å². The first-order chi connectivity index (χ1) is 10.6. The van der Waals surface area contributed by atoms with Crippen molar-refractivity contribution in [2.45, 2.75) is 6.42 Å². The molecule has 0 saturated carbocycles. The lowest BCUT2D eigenvalue weighted by Gasteiger charge is -2.09. The molecule has 0 aliphatic carbocycles. The SMILES string of the molecule is COc1ccc(CC(=O)NN=Cc2ccc(Br)o2)cc1OC. The van der Waals surface area contributed by atoms with Crippen LogP contribution in [0.2, 0.25) is 0 Å². The van der Waals surface area contributed by atoms with Crippen LogP contribution >= 0.6 is 15.9 Å². The fourth-order valence-electron chi connectivity index (χ4n) is 1.78. The molecule has 1 N–H and O–H groups in total. The van der Waals surface area contributed by atoms with Crippen molar-refractivity contribution in [2.24, 2.45) is 5.10 Å². The lowest BCUT2D eigenvalue weighted by atomic mass is 10.1. The summed E-state index contributed by atoms with van der Waals surface area (Å²) in [5.41, 5.74) is 3.24. The van der Waals surface area contributed by atoms with Crippen molar-refractivity contribution in [1.29, 1.82) is 0 Å². The lowest BCUT2D eigenvalue weighted by molar-refractivity contribution is -0.120. The van der Waals surface area contributed by atoms with E-state index in [1.54, 1.807) is 44.6 Å². The highest BCUT2D eigenvalue weighted by Crippen LogP contribution is 2.27. The predicted octanol–water partition coefficient (Wildman–Crippen LogP) is 2.75. The molecule has 1 heterocycles. The number of nitrogens with one attached hydrogen (secondary N) is 1. The van der Waals surface area contributed by atoms with Crippen molar-refractivity contribution < 1.29 is 18.7 Å². The van der Waals surface area contributed by atoms with E-state index in [4.69, 9.17) is 13.9 Å². The number of hydrogen-bond donors (Lipinski definition) is 1. The van der Waals surface area contributed by atoms with E-state index in [1.807, 2.05) is 0 Å². The molecule has 6 nitrogen and oxygen atoms in total. The van der Waals surface area contributed by atoms with Gasteiger partial charge in [0.2, 0.25) is 5.91 Å². The molecule has 2 aromatic rings. The van der Waals surface area contributed by atoms with Gasteiger partial charge in [0, 0.05) is 0 Å². The first-order valence-corrected chi connectivity index (χ1v) is 7.20. The predicted molar refractivity (Wildman–Crippen MR) is 85.4 cm³/mol. The molecule has 2 rings (SSSR count). The Hall–Kier alpha value is -2.28. The third-order valence-electron chi connectivity index (χ3n) is 2.79. The molecule has 0 spiro atoms. The zero-order chi connectivity index (χ0) is 15.9. The summed E-state index contributed by atoms with van der Waals surface area (Å²) in [6.07, 6.45) is 1.61. The van der Waals surface area contributed by atoms with Crippen molar-refractivity contribution in [2.75, 3.05) is 14.2 Å². The van der Waals surface area contributed by atoms with Crippen LogP contribution in [0.1, 0.15) is 11.3 Å². The monoisotopic (exact) mass is 366 g/mol. The number of hydrogen-bond acceptors (Lipinski definition) is 5. The van der Waals surface area contributed by atoms with E-state index in [9.17, 15) is 4.79 Å². The van der Waals surface area contributed by atoms with Crippen LogP contribution in [0.15, 0.2) is 44.5 Å². The molecule has 1 aromatic carbocycles. The number of furan rings is 1. The topological polar surface area (TPSA) is 73.1 Å². The Balaban J connectivity index is 1.93. The summed E-state index contributed by atoms with van der Waals surface area (Å²) in [5.74, 6) is 1.50. The Labute approximate surface area is 136 Å². The van der Waals surface area contributed by atoms with Gasteiger partial charge in [-0.3, -0.25) is 4.79 Å². The molecule has 0 unspecified atom stereocenters. The van der Waals surface area contributed by atoms with Gasteiger partial charge in [0.15, 0.2) is 16.2 Å². The van der Waals surface area contributed by atoms with Gasteiger partial charge in [0.05, 0.1) is 26.9 Å². The summed E-state index contributed by atoms with van der Waals surface area (Å²) >= 11 is 3.18. The van der Waals surface area contributed by atoms with E-state index in [1.165, 1.54) is 6.21 Å². The highest BCUT2D eigenvalue weighted by molar-refractivity contribution is 9.10. The number of nitrogens with zero attached hydrogens (tertiary/aromatic N) is 1. The minimum absolute atomic E-state index is 0.180. The van der Waals surface area contributed by atoms with Gasteiger partial charge in [-0.25, -0.2) is 5.43 Å². The highest BCUT2D eigenvalue weighted by atomic mass is 79.9. The maximum absolute atomic E-state index is 11.8. The highest BCUT2D eigenvalue weighted by Gasteiger charge is 2.07. The number of halogens is 1. The Morgan fingerprint density at radius 1 is 1.27 bits per heavy atom. The molecule has 0 bridgehead atoms. The molecule has 0 saturated heterocycles. The normalized spacial score (nSPS) is 10.7.